The minimum atomic E-state index is -3.52. The number of carboxylic acid groups (broad SMARTS) is 1. The number of hydrogen-bond acceptors (Lipinski definition) is 6. The van der Waals surface area contributed by atoms with Gasteiger partial charge in [0.2, 0.25) is 5.91 Å². The number of sulfone groups is 1. The number of fused-ring (bicyclic) bond motifs is 3. The predicted octanol–water partition coefficient (Wildman–Crippen LogP) is 2.41. The van der Waals surface area contributed by atoms with Gasteiger partial charge in [0.15, 0.2) is 9.84 Å². The molecule has 1 heterocycles. The Morgan fingerprint density at radius 3 is 2.29 bits per heavy atom. The lowest BCUT2D eigenvalue weighted by atomic mass is 9.98. The molecule has 1 aliphatic carbocycles. The minimum Gasteiger partial charge on any atom is -0.481 e. The third kappa shape index (κ3) is 5.64. The molecule has 1 saturated heterocycles. The van der Waals surface area contributed by atoms with Gasteiger partial charge in [0, 0.05) is 32.0 Å². The Hall–Kier alpha value is -3.40. The van der Waals surface area contributed by atoms with E-state index in [1.54, 1.807) is 0 Å². The topological polar surface area (TPSA) is 130 Å². The zero-order valence-corrected chi connectivity index (χ0v) is 20.0. The molecule has 0 aromatic heterocycles. The van der Waals surface area contributed by atoms with Crippen molar-refractivity contribution in [2.45, 2.75) is 30.4 Å². The summed E-state index contributed by atoms with van der Waals surface area (Å²) < 4.78 is 29.6. The highest BCUT2D eigenvalue weighted by Crippen LogP contribution is 2.44. The Kier molecular flexibility index (Phi) is 7.39. The maximum atomic E-state index is 12.5. The first-order valence-electron chi connectivity index (χ1n) is 11.6. The van der Waals surface area contributed by atoms with Gasteiger partial charge in [-0.25, -0.2) is 13.2 Å². The molecule has 2 aliphatic rings. The highest BCUT2D eigenvalue weighted by atomic mass is 32.2. The summed E-state index contributed by atoms with van der Waals surface area (Å²) in [7, 11) is -3.52. The van der Waals surface area contributed by atoms with Crippen molar-refractivity contribution in [3.05, 3.63) is 59.7 Å². The molecule has 186 valence electrons. The highest BCUT2D eigenvalue weighted by molar-refractivity contribution is 7.92. The van der Waals surface area contributed by atoms with Crippen LogP contribution < -0.4 is 5.32 Å². The van der Waals surface area contributed by atoms with Gasteiger partial charge in [-0.2, -0.15) is 0 Å². The molecule has 0 bridgehead atoms. The minimum absolute atomic E-state index is 0.0381. The van der Waals surface area contributed by atoms with Gasteiger partial charge in [0.1, 0.15) is 6.61 Å². The number of nitrogens with zero attached hydrogens (tertiary/aromatic N) is 1. The summed E-state index contributed by atoms with van der Waals surface area (Å²) in [5, 5.41) is 10.5. The molecule has 0 saturated carbocycles. The predicted molar refractivity (Wildman–Crippen MR) is 129 cm³/mol. The third-order valence-electron chi connectivity index (χ3n) is 6.51. The maximum absolute atomic E-state index is 12.5. The summed E-state index contributed by atoms with van der Waals surface area (Å²) >= 11 is 0. The summed E-state index contributed by atoms with van der Waals surface area (Å²) in [6, 6.07) is 16.1. The first kappa shape index (κ1) is 24.7. The molecular weight excluding hydrogens is 472 g/mol. The first-order valence-corrected chi connectivity index (χ1v) is 13.3. The van der Waals surface area contributed by atoms with Crippen LogP contribution in [0, 0.1) is 0 Å². The lowest BCUT2D eigenvalue weighted by molar-refractivity contribution is -0.138. The normalized spacial score (nSPS) is 18.4. The van der Waals surface area contributed by atoms with E-state index in [1.807, 2.05) is 36.4 Å². The molecule has 2 aromatic rings. The molecule has 1 atom stereocenters. The van der Waals surface area contributed by atoms with E-state index in [0.717, 1.165) is 22.3 Å². The fraction of sp³-hybridized carbons (Fsp3) is 0.400. The Morgan fingerprint density at radius 2 is 1.66 bits per heavy atom. The van der Waals surface area contributed by atoms with Crippen LogP contribution in [0.25, 0.3) is 11.1 Å². The van der Waals surface area contributed by atoms with Crippen LogP contribution in [0.2, 0.25) is 0 Å². The van der Waals surface area contributed by atoms with Crippen LogP contribution in [0.15, 0.2) is 48.5 Å². The quantitative estimate of drug-likeness (QED) is 0.532. The van der Waals surface area contributed by atoms with E-state index in [1.165, 1.54) is 4.90 Å². The van der Waals surface area contributed by atoms with Crippen molar-refractivity contribution >= 4 is 27.8 Å². The molecule has 2 amide bonds. The van der Waals surface area contributed by atoms with E-state index in [0.29, 0.717) is 6.42 Å². The van der Waals surface area contributed by atoms with Crippen LogP contribution in [0.1, 0.15) is 36.3 Å². The number of carbonyl (C=O) groups is 3. The van der Waals surface area contributed by atoms with Gasteiger partial charge in [-0.1, -0.05) is 48.5 Å². The van der Waals surface area contributed by atoms with Gasteiger partial charge >= 0.3 is 12.1 Å². The summed E-state index contributed by atoms with van der Waals surface area (Å²) in [6.07, 6.45) is -0.612. The van der Waals surface area contributed by atoms with Crippen LogP contribution in [0.5, 0.6) is 0 Å². The molecule has 2 aromatic carbocycles. The van der Waals surface area contributed by atoms with Crippen LogP contribution in [-0.2, 0) is 24.2 Å². The summed E-state index contributed by atoms with van der Waals surface area (Å²) in [5.74, 6) is -1.75. The Bertz CT molecular complexity index is 1180. The number of ether oxygens (including phenoxy) is 1. The van der Waals surface area contributed by atoms with Gasteiger partial charge in [-0.3, -0.25) is 9.59 Å². The molecule has 2 N–H and O–H groups in total. The Labute approximate surface area is 204 Å². The molecule has 1 unspecified atom stereocenters. The van der Waals surface area contributed by atoms with Gasteiger partial charge < -0.3 is 20.1 Å². The zero-order valence-electron chi connectivity index (χ0n) is 19.2. The van der Waals surface area contributed by atoms with E-state index in [9.17, 15) is 22.8 Å². The van der Waals surface area contributed by atoms with Crippen LogP contribution in [0.4, 0.5) is 4.79 Å². The Balaban J connectivity index is 1.21. The van der Waals surface area contributed by atoms with Crippen molar-refractivity contribution in [3.8, 4) is 11.1 Å². The number of amides is 2. The average molecular weight is 501 g/mol. The van der Waals surface area contributed by atoms with E-state index >= 15 is 0 Å². The number of alkyl carbamates (subject to hydrolysis) is 1. The number of benzene rings is 2. The maximum Gasteiger partial charge on any atom is 0.407 e. The monoisotopic (exact) mass is 500 g/mol. The second kappa shape index (κ2) is 10.5. The number of aliphatic carboxylic acids is 1. The smallest absolute Gasteiger partial charge is 0.407 e. The van der Waals surface area contributed by atoms with Crippen molar-refractivity contribution in [2.75, 3.05) is 32.0 Å². The van der Waals surface area contributed by atoms with Gasteiger partial charge in [0.05, 0.1) is 17.4 Å². The second-order valence-electron chi connectivity index (χ2n) is 8.78. The van der Waals surface area contributed by atoms with Crippen molar-refractivity contribution in [1.29, 1.82) is 0 Å². The Morgan fingerprint density at radius 1 is 1.03 bits per heavy atom. The molecular formula is C25H28N2O7S. The molecule has 4 rings (SSSR count). The van der Waals surface area contributed by atoms with E-state index in [-0.39, 0.29) is 50.2 Å². The number of carbonyl (C=O) groups excluding carboxylic acids is 2. The van der Waals surface area contributed by atoms with Crippen LogP contribution in [0.3, 0.4) is 0 Å². The van der Waals surface area contributed by atoms with Gasteiger partial charge in [0.25, 0.3) is 0 Å². The van der Waals surface area contributed by atoms with Crippen molar-refractivity contribution in [3.63, 3.8) is 0 Å². The lowest BCUT2D eigenvalue weighted by Gasteiger charge is -2.32. The summed E-state index contributed by atoms with van der Waals surface area (Å²) in [6.45, 7) is 0.365. The lowest BCUT2D eigenvalue weighted by Crippen LogP contribution is -2.50. The number of rotatable bonds is 8. The average Bonchev–Trinajstić information content (AvgIpc) is 3.15. The molecule has 9 nitrogen and oxygen atoms in total. The largest absolute Gasteiger partial charge is 0.481 e. The SMILES string of the molecule is O=C(O)CC1CN(C(=O)CCCNC(=O)OCC2c3ccccc3-c3ccccc32)CCS1(=O)=O. The molecule has 1 fully saturated rings. The molecule has 35 heavy (non-hydrogen) atoms. The molecule has 0 spiro atoms. The van der Waals surface area contributed by atoms with Gasteiger partial charge in [-0.05, 0) is 28.7 Å². The summed E-state index contributed by atoms with van der Waals surface area (Å²) in [5.41, 5.74) is 4.53. The van der Waals surface area contributed by atoms with Crippen molar-refractivity contribution < 1.29 is 32.6 Å². The first-order chi connectivity index (χ1) is 16.8. The fourth-order valence-corrected chi connectivity index (χ4v) is 6.32. The van der Waals surface area contributed by atoms with Crippen LogP contribution in [-0.4, -0.2) is 73.6 Å². The zero-order chi connectivity index (χ0) is 25.0. The molecule has 0 radical (unpaired) electrons. The standard InChI is InChI=1S/C25H28N2O7S/c28-23(27-12-13-35(32,33)17(15-27)14-24(29)30)10-5-11-26-25(31)34-16-22-20-8-3-1-6-18(20)19-7-2-4-9-21(19)22/h1-4,6-9,17,22H,5,10-16H2,(H,26,31)(H,29,30). The highest BCUT2D eigenvalue weighted by Gasteiger charge is 2.36. The van der Waals surface area contributed by atoms with E-state index < -0.39 is 33.6 Å². The van der Waals surface area contributed by atoms with E-state index in [2.05, 4.69) is 17.4 Å². The number of carboxylic acids is 1. The molecule has 1 aliphatic heterocycles. The number of nitrogens with one attached hydrogen (secondary N) is 1. The van der Waals surface area contributed by atoms with E-state index in [4.69, 9.17) is 9.84 Å². The van der Waals surface area contributed by atoms with Crippen LogP contribution >= 0.6 is 0 Å². The molecule has 10 heteroatoms. The fourth-order valence-electron chi connectivity index (χ4n) is 4.71. The van der Waals surface area contributed by atoms with Crippen molar-refractivity contribution in [2.24, 2.45) is 0 Å². The number of hydrogen-bond donors (Lipinski definition) is 2. The second-order valence-corrected chi connectivity index (χ2v) is 11.2. The summed E-state index contributed by atoms with van der Waals surface area (Å²) in [4.78, 5) is 37.0. The third-order valence-corrected chi connectivity index (χ3v) is 8.60. The van der Waals surface area contributed by atoms with Crippen molar-refractivity contribution in [1.82, 2.24) is 10.2 Å². The van der Waals surface area contributed by atoms with Gasteiger partial charge in [-0.15, -0.1) is 0 Å².